The predicted molar refractivity (Wildman–Crippen MR) is 132 cm³/mol. The van der Waals surface area contributed by atoms with E-state index in [1.807, 2.05) is 48.0 Å². The molecular formula is C27H31N3O3S. The number of rotatable bonds is 6. The molecule has 1 aromatic carbocycles. The van der Waals surface area contributed by atoms with Crippen molar-refractivity contribution in [3.8, 4) is 5.69 Å². The zero-order chi connectivity index (χ0) is 23.4. The number of ether oxygens (including phenoxy) is 1. The van der Waals surface area contributed by atoms with E-state index in [9.17, 15) is 9.59 Å². The van der Waals surface area contributed by atoms with E-state index in [1.54, 1.807) is 0 Å². The number of aryl methyl sites for hydroxylation is 1. The number of nitrogens with zero attached hydrogens (tertiary/aromatic N) is 2. The van der Waals surface area contributed by atoms with E-state index in [4.69, 9.17) is 4.74 Å². The van der Waals surface area contributed by atoms with E-state index in [0.717, 1.165) is 39.4 Å². The summed E-state index contributed by atoms with van der Waals surface area (Å²) < 4.78 is 7.28. The van der Waals surface area contributed by atoms with Crippen molar-refractivity contribution in [1.82, 2.24) is 15.1 Å². The van der Waals surface area contributed by atoms with Crippen molar-refractivity contribution in [3.63, 3.8) is 0 Å². The third-order valence-electron chi connectivity index (χ3n) is 8.46. The molecule has 0 unspecified atom stereocenters. The lowest BCUT2D eigenvalue weighted by Gasteiger charge is -2.59. The van der Waals surface area contributed by atoms with Gasteiger partial charge in [-0.3, -0.25) is 4.79 Å². The van der Waals surface area contributed by atoms with Gasteiger partial charge in [-0.05, 0) is 93.7 Å². The molecule has 6 nitrogen and oxygen atoms in total. The first kappa shape index (κ1) is 21.8. The second-order valence-corrected chi connectivity index (χ2v) is 11.8. The van der Waals surface area contributed by atoms with Gasteiger partial charge in [0.15, 0.2) is 6.61 Å². The van der Waals surface area contributed by atoms with Crippen molar-refractivity contribution in [2.45, 2.75) is 58.4 Å². The van der Waals surface area contributed by atoms with Crippen molar-refractivity contribution in [2.24, 2.45) is 23.2 Å². The molecule has 0 radical (unpaired) electrons. The van der Waals surface area contributed by atoms with E-state index in [0.29, 0.717) is 4.88 Å². The Bertz CT molecular complexity index is 1210. The maximum absolute atomic E-state index is 12.8. The first-order valence-electron chi connectivity index (χ1n) is 12.4. The maximum atomic E-state index is 12.8. The van der Waals surface area contributed by atoms with Gasteiger partial charge in [-0.2, -0.15) is 5.10 Å². The zero-order valence-electron chi connectivity index (χ0n) is 19.8. The second-order valence-electron chi connectivity index (χ2n) is 10.8. The van der Waals surface area contributed by atoms with Crippen molar-refractivity contribution >= 4 is 33.4 Å². The first-order chi connectivity index (χ1) is 16.4. The number of fused-ring (bicyclic) bond motifs is 1. The number of hydrogen-bond donors (Lipinski definition) is 1. The standard InChI is InChI=1S/C27H31N3O3S/c1-16-22-11-23(34-25(22)30(29-16)21-6-4-3-5-7-21)26(32)33-15-24(31)28-17(2)27-12-18-8-19(13-27)10-20(9-18)14-27/h3-7,11,17-20H,8-10,12-15H2,1-2H3,(H,28,31)/t17-,18?,19?,20?,27?/m0/s1. The van der Waals surface area contributed by atoms with Crippen molar-refractivity contribution < 1.29 is 14.3 Å². The first-order valence-corrected chi connectivity index (χ1v) is 13.2. The molecule has 2 heterocycles. The normalized spacial score (nSPS) is 28.2. The number of carbonyl (C=O) groups excluding carboxylic acids is 2. The van der Waals surface area contributed by atoms with Crippen LogP contribution < -0.4 is 5.32 Å². The SMILES string of the molecule is Cc1nn(-c2ccccc2)c2sc(C(=O)OCC(=O)N[C@@H](C)C34CC5CC(CC(C5)C3)C4)cc12. The van der Waals surface area contributed by atoms with Crippen LogP contribution in [0.4, 0.5) is 0 Å². The number of thiophene rings is 1. The average Bonchev–Trinajstić information content (AvgIpc) is 3.38. The second kappa shape index (κ2) is 8.22. The molecule has 1 atom stereocenters. The van der Waals surface area contributed by atoms with E-state index in [1.165, 1.54) is 49.9 Å². The lowest BCUT2D eigenvalue weighted by molar-refractivity contribution is -0.128. The highest BCUT2D eigenvalue weighted by atomic mass is 32.1. The highest BCUT2D eigenvalue weighted by molar-refractivity contribution is 7.20. The molecule has 4 aliphatic carbocycles. The molecule has 0 aliphatic heterocycles. The Morgan fingerprint density at radius 1 is 1.15 bits per heavy atom. The molecule has 34 heavy (non-hydrogen) atoms. The highest BCUT2D eigenvalue weighted by Crippen LogP contribution is 2.61. The number of esters is 1. The van der Waals surface area contributed by atoms with Crippen LogP contribution in [0.5, 0.6) is 0 Å². The molecule has 3 aromatic rings. The van der Waals surface area contributed by atoms with Crippen LogP contribution in [0.15, 0.2) is 36.4 Å². The van der Waals surface area contributed by atoms with E-state index in [-0.39, 0.29) is 24.0 Å². The lowest BCUT2D eigenvalue weighted by atomic mass is 9.48. The molecule has 178 valence electrons. The molecule has 1 amide bonds. The molecule has 2 aromatic heterocycles. The molecule has 4 saturated carbocycles. The number of carbonyl (C=O) groups is 2. The summed E-state index contributed by atoms with van der Waals surface area (Å²) >= 11 is 1.35. The van der Waals surface area contributed by atoms with Crippen LogP contribution in [0.2, 0.25) is 0 Å². The fourth-order valence-corrected chi connectivity index (χ4v) is 8.32. The molecular weight excluding hydrogens is 446 g/mol. The largest absolute Gasteiger partial charge is 0.451 e. The number of benzene rings is 1. The van der Waals surface area contributed by atoms with Gasteiger partial charge in [0.2, 0.25) is 0 Å². The lowest BCUT2D eigenvalue weighted by Crippen LogP contribution is -2.56. The van der Waals surface area contributed by atoms with Crippen LogP contribution in [0.3, 0.4) is 0 Å². The van der Waals surface area contributed by atoms with Crippen molar-refractivity contribution in [2.75, 3.05) is 6.61 Å². The Kier molecular flexibility index (Phi) is 5.28. The molecule has 1 N–H and O–H groups in total. The molecule has 7 heteroatoms. The van der Waals surface area contributed by atoms with Crippen LogP contribution in [0.1, 0.15) is 60.8 Å². The molecule has 4 aliphatic rings. The molecule has 7 rings (SSSR count). The Hall–Kier alpha value is -2.67. The van der Waals surface area contributed by atoms with Gasteiger partial charge in [0, 0.05) is 11.4 Å². The minimum atomic E-state index is -0.460. The average molecular weight is 478 g/mol. The van der Waals surface area contributed by atoms with Crippen LogP contribution in [0.25, 0.3) is 15.9 Å². The minimum Gasteiger partial charge on any atom is -0.451 e. The summed E-state index contributed by atoms with van der Waals surface area (Å²) in [5, 5.41) is 8.72. The minimum absolute atomic E-state index is 0.121. The van der Waals surface area contributed by atoms with Gasteiger partial charge in [-0.1, -0.05) is 18.2 Å². The summed E-state index contributed by atoms with van der Waals surface area (Å²) in [7, 11) is 0. The van der Waals surface area contributed by atoms with E-state index in [2.05, 4.69) is 17.3 Å². The number of amides is 1. The zero-order valence-corrected chi connectivity index (χ0v) is 20.6. The molecule has 4 bridgehead atoms. The number of hydrogen-bond acceptors (Lipinski definition) is 5. The predicted octanol–water partition coefficient (Wildman–Crippen LogP) is 5.27. The summed E-state index contributed by atoms with van der Waals surface area (Å²) in [6, 6.07) is 11.8. The Labute approximate surface area is 203 Å². The highest BCUT2D eigenvalue weighted by Gasteiger charge is 2.53. The Morgan fingerprint density at radius 3 is 2.44 bits per heavy atom. The quantitative estimate of drug-likeness (QED) is 0.491. The van der Waals surface area contributed by atoms with Crippen molar-refractivity contribution in [3.05, 3.63) is 47.0 Å². The molecule has 0 spiro atoms. The van der Waals surface area contributed by atoms with Crippen LogP contribution >= 0.6 is 11.3 Å². The van der Waals surface area contributed by atoms with Gasteiger partial charge < -0.3 is 10.1 Å². The maximum Gasteiger partial charge on any atom is 0.348 e. The fraction of sp³-hybridized carbons (Fsp3) is 0.519. The van der Waals surface area contributed by atoms with Gasteiger partial charge in [-0.25, -0.2) is 9.48 Å². The summed E-state index contributed by atoms with van der Waals surface area (Å²) in [6.07, 6.45) is 7.86. The third kappa shape index (κ3) is 3.74. The number of aromatic nitrogens is 2. The fourth-order valence-electron chi connectivity index (χ4n) is 7.24. The number of para-hydroxylation sites is 1. The van der Waals surface area contributed by atoms with E-state index >= 15 is 0 Å². The summed E-state index contributed by atoms with van der Waals surface area (Å²) in [6.45, 7) is 3.84. The smallest absolute Gasteiger partial charge is 0.348 e. The monoisotopic (exact) mass is 477 g/mol. The summed E-state index contributed by atoms with van der Waals surface area (Å²) in [5.74, 6) is 1.85. The van der Waals surface area contributed by atoms with E-state index < -0.39 is 5.97 Å². The van der Waals surface area contributed by atoms with Crippen LogP contribution in [0, 0.1) is 30.1 Å². The van der Waals surface area contributed by atoms with Gasteiger partial charge in [0.05, 0.1) is 11.4 Å². The Balaban J connectivity index is 1.10. The molecule has 0 saturated heterocycles. The van der Waals surface area contributed by atoms with Crippen molar-refractivity contribution in [1.29, 1.82) is 0 Å². The summed E-state index contributed by atoms with van der Waals surface area (Å²) in [5.41, 5.74) is 2.04. The van der Waals surface area contributed by atoms with Gasteiger partial charge in [0.1, 0.15) is 9.71 Å². The van der Waals surface area contributed by atoms with Crippen LogP contribution in [-0.4, -0.2) is 34.3 Å². The number of nitrogens with one attached hydrogen (secondary N) is 1. The third-order valence-corrected chi connectivity index (χ3v) is 9.55. The summed E-state index contributed by atoms with van der Waals surface area (Å²) in [4.78, 5) is 26.8. The molecule has 4 fully saturated rings. The Morgan fingerprint density at radius 2 is 1.79 bits per heavy atom. The van der Waals surface area contributed by atoms with Gasteiger partial charge in [0.25, 0.3) is 5.91 Å². The van der Waals surface area contributed by atoms with Gasteiger partial charge >= 0.3 is 5.97 Å². The van der Waals surface area contributed by atoms with Crippen LogP contribution in [-0.2, 0) is 9.53 Å². The topological polar surface area (TPSA) is 73.2 Å². The van der Waals surface area contributed by atoms with Gasteiger partial charge in [-0.15, -0.1) is 11.3 Å².